The van der Waals surface area contributed by atoms with Crippen molar-refractivity contribution in [1.29, 1.82) is 0 Å². The Morgan fingerprint density at radius 2 is 1.76 bits per heavy atom. The molecule has 1 fully saturated rings. The molecule has 0 bridgehead atoms. The molecule has 0 atom stereocenters. The molecule has 3 aromatic rings. The van der Waals surface area contributed by atoms with Crippen LogP contribution in [0.3, 0.4) is 0 Å². The Morgan fingerprint density at radius 1 is 0.974 bits per heavy atom. The molecule has 0 unspecified atom stereocenters. The van der Waals surface area contributed by atoms with Gasteiger partial charge in [-0.1, -0.05) is 24.3 Å². The molecule has 4 rings (SSSR count). The summed E-state index contributed by atoms with van der Waals surface area (Å²) < 4.78 is 16.7. The fraction of sp³-hybridized carbons (Fsp3) is 0.143. The summed E-state index contributed by atoms with van der Waals surface area (Å²) in [6, 6.07) is 16.7. The van der Waals surface area contributed by atoms with E-state index in [4.69, 9.17) is 19.3 Å². The molecule has 3 aromatic carbocycles. The number of nitrogens with zero attached hydrogens (tertiary/aromatic N) is 1. The van der Waals surface area contributed by atoms with Crippen LogP contribution in [-0.2, 0) is 16.2 Å². The zero-order chi connectivity index (χ0) is 27.2. The highest BCUT2D eigenvalue weighted by molar-refractivity contribution is 6.39. The summed E-state index contributed by atoms with van der Waals surface area (Å²) in [6.07, 6.45) is 1.35. The molecule has 10 nitrogen and oxygen atoms in total. The number of carbonyl (C=O) groups excluding carboxylic acids is 3. The van der Waals surface area contributed by atoms with E-state index in [2.05, 4.69) is 5.32 Å². The number of benzene rings is 3. The number of methoxy groups -OCH3 is 1. The standard InChI is InChI=1S/C28H24N2O8/c1-3-37-21-9-5-8-20(15-21)30-26(32)22(25(31)29-28(30)35)13-17-10-11-23(24(14-17)36-2)38-16-18-6-4-7-19(12-18)27(33)34/h4-15H,3,16H2,1-2H3,(H,33,34)(H,29,31,35). The van der Waals surface area contributed by atoms with Crippen LogP contribution in [0.4, 0.5) is 10.5 Å². The van der Waals surface area contributed by atoms with Gasteiger partial charge >= 0.3 is 12.0 Å². The zero-order valence-corrected chi connectivity index (χ0v) is 20.6. The molecule has 2 N–H and O–H groups in total. The fourth-order valence-electron chi connectivity index (χ4n) is 3.79. The van der Waals surface area contributed by atoms with Crippen molar-refractivity contribution in [2.75, 3.05) is 18.6 Å². The van der Waals surface area contributed by atoms with Gasteiger partial charge in [0.25, 0.3) is 11.8 Å². The number of amides is 4. The van der Waals surface area contributed by atoms with E-state index < -0.39 is 23.8 Å². The number of aromatic carboxylic acids is 1. The fourth-order valence-corrected chi connectivity index (χ4v) is 3.79. The maximum absolute atomic E-state index is 13.2. The van der Waals surface area contributed by atoms with Gasteiger partial charge in [0.2, 0.25) is 0 Å². The van der Waals surface area contributed by atoms with Crippen LogP contribution in [0.5, 0.6) is 17.2 Å². The quantitative estimate of drug-likeness (QED) is 0.322. The minimum absolute atomic E-state index is 0.0939. The van der Waals surface area contributed by atoms with Crippen molar-refractivity contribution in [3.05, 3.63) is 89.0 Å². The third-order valence-electron chi connectivity index (χ3n) is 5.56. The van der Waals surface area contributed by atoms with Gasteiger partial charge in [-0.3, -0.25) is 14.9 Å². The van der Waals surface area contributed by atoms with Gasteiger partial charge in [-0.05, 0) is 60.5 Å². The average molecular weight is 517 g/mol. The van der Waals surface area contributed by atoms with Crippen LogP contribution in [0.25, 0.3) is 6.08 Å². The van der Waals surface area contributed by atoms with Crippen molar-refractivity contribution < 1.29 is 38.5 Å². The molecule has 194 valence electrons. The lowest BCUT2D eigenvalue weighted by Gasteiger charge is -2.26. The second-order valence-corrected chi connectivity index (χ2v) is 8.09. The normalized spacial score (nSPS) is 14.3. The lowest BCUT2D eigenvalue weighted by molar-refractivity contribution is -0.122. The van der Waals surface area contributed by atoms with E-state index in [1.54, 1.807) is 48.5 Å². The first-order chi connectivity index (χ1) is 18.3. The first-order valence-corrected chi connectivity index (χ1v) is 11.6. The first-order valence-electron chi connectivity index (χ1n) is 11.6. The molecular weight excluding hydrogens is 492 g/mol. The Bertz CT molecular complexity index is 1450. The maximum Gasteiger partial charge on any atom is 0.335 e. The number of urea groups is 1. The number of rotatable bonds is 9. The Kier molecular flexibility index (Phi) is 7.72. The number of hydrogen-bond acceptors (Lipinski definition) is 7. The second-order valence-electron chi connectivity index (χ2n) is 8.09. The van der Waals surface area contributed by atoms with Crippen LogP contribution in [0.15, 0.2) is 72.3 Å². The van der Waals surface area contributed by atoms with E-state index in [-0.39, 0.29) is 23.4 Å². The molecule has 0 aliphatic carbocycles. The van der Waals surface area contributed by atoms with Gasteiger partial charge in [0.15, 0.2) is 11.5 Å². The van der Waals surface area contributed by atoms with E-state index in [0.717, 1.165) is 4.90 Å². The Balaban J connectivity index is 1.57. The van der Waals surface area contributed by atoms with Gasteiger partial charge in [0.1, 0.15) is 17.9 Å². The minimum atomic E-state index is -1.04. The SMILES string of the molecule is CCOc1cccc(N2C(=O)NC(=O)C(=Cc3ccc(OCc4cccc(C(=O)O)c4)c(OC)c3)C2=O)c1. The Labute approximate surface area is 218 Å². The lowest BCUT2D eigenvalue weighted by atomic mass is 10.1. The molecule has 0 radical (unpaired) electrons. The average Bonchev–Trinajstić information content (AvgIpc) is 2.90. The maximum atomic E-state index is 13.2. The predicted molar refractivity (Wildman–Crippen MR) is 137 cm³/mol. The second kappa shape index (κ2) is 11.3. The highest BCUT2D eigenvalue weighted by atomic mass is 16.5. The summed E-state index contributed by atoms with van der Waals surface area (Å²) >= 11 is 0. The third-order valence-corrected chi connectivity index (χ3v) is 5.56. The summed E-state index contributed by atoms with van der Waals surface area (Å²) in [4.78, 5) is 50.3. The summed E-state index contributed by atoms with van der Waals surface area (Å²) in [7, 11) is 1.44. The molecule has 1 saturated heterocycles. The Hall–Kier alpha value is -5.12. The number of hydrogen-bond donors (Lipinski definition) is 2. The molecule has 1 heterocycles. The van der Waals surface area contributed by atoms with E-state index >= 15 is 0 Å². The van der Waals surface area contributed by atoms with Crippen molar-refractivity contribution >= 4 is 35.6 Å². The molecular formula is C28H24N2O8. The molecule has 0 saturated carbocycles. The highest BCUT2D eigenvalue weighted by Crippen LogP contribution is 2.31. The number of carbonyl (C=O) groups is 4. The molecule has 1 aliphatic rings. The van der Waals surface area contributed by atoms with Gasteiger partial charge in [-0.25, -0.2) is 14.5 Å². The van der Waals surface area contributed by atoms with Crippen molar-refractivity contribution in [2.24, 2.45) is 0 Å². The van der Waals surface area contributed by atoms with Crippen LogP contribution in [0.2, 0.25) is 0 Å². The summed E-state index contributed by atoms with van der Waals surface area (Å²) in [5.74, 6) is -1.47. The van der Waals surface area contributed by atoms with E-state index in [1.165, 1.54) is 31.4 Å². The van der Waals surface area contributed by atoms with Crippen LogP contribution < -0.4 is 24.4 Å². The number of anilines is 1. The summed E-state index contributed by atoms with van der Waals surface area (Å²) in [5.41, 5.74) is 1.27. The van der Waals surface area contributed by atoms with Crippen LogP contribution >= 0.6 is 0 Å². The van der Waals surface area contributed by atoms with Crippen molar-refractivity contribution in [1.82, 2.24) is 5.32 Å². The number of barbiturate groups is 1. The monoisotopic (exact) mass is 516 g/mol. The topological polar surface area (TPSA) is 131 Å². The van der Waals surface area contributed by atoms with E-state index in [9.17, 15) is 19.2 Å². The molecule has 0 aromatic heterocycles. The van der Waals surface area contributed by atoms with Crippen molar-refractivity contribution in [3.8, 4) is 17.2 Å². The zero-order valence-electron chi connectivity index (χ0n) is 20.6. The minimum Gasteiger partial charge on any atom is -0.494 e. The van der Waals surface area contributed by atoms with Gasteiger partial charge in [-0.15, -0.1) is 0 Å². The van der Waals surface area contributed by atoms with Crippen LogP contribution in [-0.4, -0.2) is 42.6 Å². The van der Waals surface area contributed by atoms with Gasteiger partial charge in [-0.2, -0.15) is 0 Å². The number of nitrogens with one attached hydrogen (secondary N) is 1. The molecule has 1 aliphatic heterocycles. The van der Waals surface area contributed by atoms with Crippen molar-refractivity contribution in [2.45, 2.75) is 13.5 Å². The summed E-state index contributed by atoms with van der Waals surface area (Å²) in [5, 5.41) is 11.4. The van der Waals surface area contributed by atoms with Crippen LogP contribution in [0.1, 0.15) is 28.4 Å². The predicted octanol–water partition coefficient (Wildman–Crippen LogP) is 4.04. The number of ether oxygens (including phenoxy) is 3. The number of imide groups is 2. The van der Waals surface area contributed by atoms with Crippen molar-refractivity contribution in [3.63, 3.8) is 0 Å². The lowest BCUT2D eigenvalue weighted by Crippen LogP contribution is -2.54. The number of carboxylic acids is 1. The van der Waals surface area contributed by atoms with Crippen LogP contribution in [0, 0.1) is 0 Å². The summed E-state index contributed by atoms with van der Waals surface area (Å²) in [6.45, 7) is 2.31. The number of carboxylic acid groups (broad SMARTS) is 1. The first kappa shape index (κ1) is 26.0. The van der Waals surface area contributed by atoms with Gasteiger partial charge in [0.05, 0.1) is 25.0 Å². The highest BCUT2D eigenvalue weighted by Gasteiger charge is 2.37. The third kappa shape index (κ3) is 5.65. The van der Waals surface area contributed by atoms with Gasteiger partial charge < -0.3 is 19.3 Å². The van der Waals surface area contributed by atoms with Gasteiger partial charge in [0, 0.05) is 6.07 Å². The molecule has 38 heavy (non-hydrogen) atoms. The largest absolute Gasteiger partial charge is 0.494 e. The van der Waals surface area contributed by atoms with E-state index in [0.29, 0.717) is 35.0 Å². The molecule has 0 spiro atoms. The van der Waals surface area contributed by atoms with E-state index in [1.807, 2.05) is 6.92 Å². The molecule has 10 heteroatoms. The smallest absolute Gasteiger partial charge is 0.335 e. The molecule has 4 amide bonds. The Morgan fingerprint density at radius 3 is 2.50 bits per heavy atom.